The maximum atomic E-state index is 13.2. The van der Waals surface area contributed by atoms with Crippen LogP contribution in [0.1, 0.15) is 23.5 Å². The first-order valence-corrected chi connectivity index (χ1v) is 4.68. The summed E-state index contributed by atoms with van der Waals surface area (Å²) in [6, 6.07) is 5.50. The van der Waals surface area contributed by atoms with E-state index in [-0.39, 0.29) is 5.82 Å². The van der Waals surface area contributed by atoms with Crippen molar-refractivity contribution in [3.63, 3.8) is 0 Å². The van der Waals surface area contributed by atoms with E-state index in [9.17, 15) is 4.39 Å². The lowest BCUT2D eigenvalue weighted by Crippen LogP contribution is -2.02. The average Bonchev–Trinajstić information content (AvgIpc) is 2.88. The number of nitrogens with two attached hydrogens (primary N) is 1. The molecule has 0 radical (unpaired) electrons. The SMILES string of the molecule is Cc1ccc([C@@H]2C[C@H]2CN)cc1F. The minimum absolute atomic E-state index is 0.0971. The normalized spacial score (nSPS) is 26.1. The van der Waals surface area contributed by atoms with Crippen LogP contribution in [0.4, 0.5) is 4.39 Å². The van der Waals surface area contributed by atoms with Gasteiger partial charge in [0.05, 0.1) is 0 Å². The zero-order valence-corrected chi connectivity index (χ0v) is 7.76. The van der Waals surface area contributed by atoms with Crippen LogP contribution in [-0.4, -0.2) is 6.54 Å². The molecule has 0 heterocycles. The second kappa shape index (κ2) is 3.11. The third kappa shape index (κ3) is 1.59. The van der Waals surface area contributed by atoms with Crippen LogP contribution in [0.2, 0.25) is 0 Å². The molecule has 0 saturated heterocycles. The van der Waals surface area contributed by atoms with E-state index in [4.69, 9.17) is 5.73 Å². The van der Waals surface area contributed by atoms with Gasteiger partial charge >= 0.3 is 0 Å². The number of halogens is 1. The summed E-state index contributed by atoms with van der Waals surface area (Å²) < 4.78 is 13.2. The van der Waals surface area contributed by atoms with Gasteiger partial charge in [-0.2, -0.15) is 0 Å². The Kier molecular flexibility index (Phi) is 2.08. The van der Waals surface area contributed by atoms with Crippen molar-refractivity contribution in [3.05, 3.63) is 35.1 Å². The molecule has 0 aliphatic heterocycles. The summed E-state index contributed by atoms with van der Waals surface area (Å²) >= 11 is 0. The van der Waals surface area contributed by atoms with Gasteiger partial charge in [-0.05, 0) is 48.9 Å². The molecule has 2 atom stereocenters. The smallest absolute Gasteiger partial charge is 0.126 e. The molecule has 1 aliphatic rings. The van der Waals surface area contributed by atoms with Crippen LogP contribution in [-0.2, 0) is 0 Å². The van der Waals surface area contributed by atoms with Crippen molar-refractivity contribution in [2.45, 2.75) is 19.3 Å². The van der Waals surface area contributed by atoms with Gasteiger partial charge < -0.3 is 5.73 Å². The molecule has 2 N–H and O–H groups in total. The molecule has 1 fully saturated rings. The summed E-state index contributed by atoms with van der Waals surface area (Å²) in [4.78, 5) is 0. The summed E-state index contributed by atoms with van der Waals surface area (Å²) in [6.07, 6.45) is 1.12. The van der Waals surface area contributed by atoms with Crippen LogP contribution in [0.3, 0.4) is 0 Å². The molecule has 1 aliphatic carbocycles. The minimum atomic E-state index is -0.0971. The maximum Gasteiger partial charge on any atom is 0.126 e. The van der Waals surface area contributed by atoms with Crippen molar-refractivity contribution in [2.75, 3.05) is 6.54 Å². The first-order chi connectivity index (χ1) is 6.22. The molecule has 1 aromatic rings. The Labute approximate surface area is 77.8 Å². The zero-order valence-electron chi connectivity index (χ0n) is 7.76. The molecule has 0 spiro atoms. The molecule has 0 aromatic heterocycles. The van der Waals surface area contributed by atoms with Crippen LogP contribution in [0, 0.1) is 18.7 Å². The van der Waals surface area contributed by atoms with Gasteiger partial charge in [-0.3, -0.25) is 0 Å². The van der Waals surface area contributed by atoms with Gasteiger partial charge in [0.2, 0.25) is 0 Å². The molecule has 1 saturated carbocycles. The van der Waals surface area contributed by atoms with Gasteiger partial charge in [0.15, 0.2) is 0 Å². The Balaban J connectivity index is 2.19. The van der Waals surface area contributed by atoms with E-state index in [0.29, 0.717) is 17.4 Å². The molecule has 2 heteroatoms. The Morgan fingerprint density at radius 2 is 2.31 bits per heavy atom. The fraction of sp³-hybridized carbons (Fsp3) is 0.455. The van der Waals surface area contributed by atoms with Crippen LogP contribution in [0.5, 0.6) is 0 Å². The summed E-state index contributed by atoms with van der Waals surface area (Å²) in [6.45, 7) is 2.51. The molecule has 1 nitrogen and oxygen atoms in total. The summed E-state index contributed by atoms with van der Waals surface area (Å²) in [5, 5.41) is 0. The molecule has 2 rings (SSSR count). The van der Waals surface area contributed by atoms with Crippen LogP contribution >= 0.6 is 0 Å². The second-order valence-electron chi connectivity index (χ2n) is 3.85. The fourth-order valence-electron chi connectivity index (χ4n) is 1.76. The third-order valence-corrected chi connectivity index (χ3v) is 2.85. The van der Waals surface area contributed by atoms with Gasteiger partial charge in [0.25, 0.3) is 0 Å². The van der Waals surface area contributed by atoms with Gasteiger partial charge in [-0.1, -0.05) is 12.1 Å². The first-order valence-electron chi connectivity index (χ1n) is 4.68. The van der Waals surface area contributed by atoms with Crippen molar-refractivity contribution in [3.8, 4) is 0 Å². The fourth-order valence-corrected chi connectivity index (χ4v) is 1.76. The number of hydrogen-bond acceptors (Lipinski definition) is 1. The van der Waals surface area contributed by atoms with Crippen LogP contribution < -0.4 is 5.73 Å². The number of hydrogen-bond donors (Lipinski definition) is 1. The minimum Gasteiger partial charge on any atom is -0.330 e. The highest BCUT2D eigenvalue weighted by Crippen LogP contribution is 2.46. The van der Waals surface area contributed by atoms with E-state index in [2.05, 4.69) is 0 Å². The molecular formula is C11H14FN. The van der Waals surface area contributed by atoms with Crippen LogP contribution in [0.25, 0.3) is 0 Å². The van der Waals surface area contributed by atoms with E-state index in [1.807, 2.05) is 12.1 Å². The highest BCUT2D eigenvalue weighted by Gasteiger charge is 2.36. The zero-order chi connectivity index (χ0) is 9.42. The monoisotopic (exact) mass is 179 g/mol. The van der Waals surface area contributed by atoms with Crippen molar-refractivity contribution < 1.29 is 4.39 Å². The average molecular weight is 179 g/mol. The summed E-state index contributed by atoms with van der Waals surface area (Å²) in [5.41, 5.74) is 7.36. The Hall–Kier alpha value is -0.890. The summed E-state index contributed by atoms with van der Waals surface area (Å²) in [7, 11) is 0. The molecule has 0 amide bonds. The third-order valence-electron chi connectivity index (χ3n) is 2.85. The number of aryl methyl sites for hydroxylation is 1. The van der Waals surface area contributed by atoms with E-state index in [1.54, 1.807) is 13.0 Å². The van der Waals surface area contributed by atoms with E-state index in [1.165, 1.54) is 0 Å². The molecule has 0 bridgehead atoms. The largest absolute Gasteiger partial charge is 0.330 e. The van der Waals surface area contributed by atoms with Crippen molar-refractivity contribution in [1.82, 2.24) is 0 Å². The standard InChI is InChI=1S/C11H14FN/c1-7-2-3-8(5-11(7)12)10-4-9(10)6-13/h2-3,5,9-10H,4,6,13H2,1H3/t9-,10-/m0/s1. The van der Waals surface area contributed by atoms with Crippen molar-refractivity contribution in [2.24, 2.45) is 11.7 Å². The Morgan fingerprint density at radius 1 is 1.54 bits per heavy atom. The van der Waals surface area contributed by atoms with E-state index < -0.39 is 0 Å². The van der Waals surface area contributed by atoms with E-state index >= 15 is 0 Å². The quantitative estimate of drug-likeness (QED) is 0.740. The lowest BCUT2D eigenvalue weighted by atomic mass is 10.1. The predicted molar refractivity (Wildman–Crippen MR) is 51.0 cm³/mol. The number of benzene rings is 1. The first kappa shape index (κ1) is 8.70. The van der Waals surface area contributed by atoms with E-state index in [0.717, 1.165) is 18.5 Å². The Morgan fingerprint density at radius 3 is 2.85 bits per heavy atom. The molecule has 0 unspecified atom stereocenters. The van der Waals surface area contributed by atoms with Gasteiger partial charge in [0.1, 0.15) is 5.82 Å². The van der Waals surface area contributed by atoms with Gasteiger partial charge in [-0.25, -0.2) is 4.39 Å². The topological polar surface area (TPSA) is 26.0 Å². The highest BCUT2D eigenvalue weighted by atomic mass is 19.1. The highest BCUT2D eigenvalue weighted by molar-refractivity contribution is 5.30. The molecule has 1 aromatic carbocycles. The van der Waals surface area contributed by atoms with Crippen molar-refractivity contribution in [1.29, 1.82) is 0 Å². The molecule has 13 heavy (non-hydrogen) atoms. The lowest BCUT2D eigenvalue weighted by molar-refractivity contribution is 0.615. The molecule has 70 valence electrons. The van der Waals surface area contributed by atoms with Crippen LogP contribution in [0.15, 0.2) is 18.2 Å². The Bertz CT molecular complexity index is 322. The maximum absolute atomic E-state index is 13.2. The van der Waals surface area contributed by atoms with Crippen molar-refractivity contribution >= 4 is 0 Å². The van der Waals surface area contributed by atoms with Gasteiger partial charge in [0, 0.05) is 0 Å². The molecular weight excluding hydrogens is 165 g/mol. The summed E-state index contributed by atoms with van der Waals surface area (Å²) in [5.74, 6) is 1.00. The number of rotatable bonds is 2. The second-order valence-corrected chi connectivity index (χ2v) is 3.85. The lowest BCUT2D eigenvalue weighted by Gasteiger charge is -2.01. The van der Waals surface area contributed by atoms with Gasteiger partial charge in [-0.15, -0.1) is 0 Å². The predicted octanol–water partition coefficient (Wildman–Crippen LogP) is 2.20.